The van der Waals surface area contributed by atoms with E-state index in [0.29, 0.717) is 23.6 Å². The molecule has 1 saturated heterocycles. The highest BCUT2D eigenvalue weighted by atomic mass is 35.5. The van der Waals surface area contributed by atoms with Crippen molar-refractivity contribution in [1.29, 1.82) is 0 Å². The molecule has 1 aliphatic rings. The Balaban J connectivity index is 1.72. The lowest BCUT2D eigenvalue weighted by molar-refractivity contribution is 0.0750. The quantitative estimate of drug-likeness (QED) is 0.351. The summed E-state index contributed by atoms with van der Waals surface area (Å²) in [6.07, 6.45) is 5.44. The largest absolute Gasteiger partial charge is 0.454 e. The first-order valence-corrected chi connectivity index (χ1v) is 13.5. The minimum absolute atomic E-state index is 0.328. The van der Waals surface area contributed by atoms with Gasteiger partial charge in [0.25, 0.3) is 0 Å². The van der Waals surface area contributed by atoms with Crippen LogP contribution in [0.3, 0.4) is 0 Å². The van der Waals surface area contributed by atoms with E-state index < -0.39 is 8.07 Å². The summed E-state index contributed by atoms with van der Waals surface area (Å²) >= 11 is 5.98. The van der Waals surface area contributed by atoms with Crippen LogP contribution in [0.1, 0.15) is 24.5 Å². The van der Waals surface area contributed by atoms with Crippen molar-refractivity contribution in [3.63, 3.8) is 0 Å². The third-order valence-electron chi connectivity index (χ3n) is 4.51. The Hall–Kier alpha value is -1.41. The summed E-state index contributed by atoms with van der Waals surface area (Å²) in [6.45, 7) is 9.74. The van der Waals surface area contributed by atoms with Gasteiger partial charge in [0, 0.05) is 46.1 Å². The van der Waals surface area contributed by atoms with E-state index in [2.05, 4.69) is 24.6 Å². The number of ether oxygens (including phenoxy) is 3. The summed E-state index contributed by atoms with van der Waals surface area (Å²) in [4.78, 5) is 4.00. The van der Waals surface area contributed by atoms with Crippen LogP contribution in [-0.4, -0.2) is 42.7 Å². The molecule has 0 aromatic carbocycles. The van der Waals surface area contributed by atoms with E-state index in [1.54, 1.807) is 18.3 Å². The molecular formula is C19H28ClN3O3Si. The van der Waals surface area contributed by atoms with Gasteiger partial charge in [-0.2, -0.15) is 5.10 Å². The van der Waals surface area contributed by atoms with Crippen molar-refractivity contribution in [1.82, 2.24) is 14.8 Å². The summed E-state index contributed by atoms with van der Waals surface area (Å²) in [6, 6.07) is 4.64. The van der Waals surface area contributed by atoms with Crippen molar-refractivity contribution in [3.8, 4) is 11.5 Å². The van der Waals surface area contributed by atoms with E-state index in [0.717, 1.165) is 50.1 Å². The summed E-state index contributed by atoms with van der Waals surface area (Å²) < 4.78 is 19.2. The monoisotopic (exact) mass is 409 g/mol. The van der Waals surface area contributed by atoms with Crippen LogP contribution in [0.5, 0.6) is 11.5 Å². The van der Waals surface area contributed by atoms with E-state index in [1.807, 2.05) is 10.9 Å². The van der Waals surface area contributed by atoms with Crippen LogP contribution in [0.15, 0.2) is 24.5 Å². The molecule has 3 rings (SSSR count). The first kappa shape index (κ1) is 20.3. The SMILES string of the molecule is C[Si](C)(C)CCOCn1cc(Oc2ccnc(Cl)c2)c(C2CCOCC2)n1. The third-order valence-corrected chi connectivity index (χ3v) is 6.42. The Morgan fingerprint density at radius 1 is 1.30 bits per heavy atom. The molecule has 1 aliphatic heterocycles. The highest BCUT2D eigenvalue weighted by Gasteiger charge is 2.24. The molecular weight excluding hydrogens is 382 g/mol. The van der Waals surface area contributed by atoms with Gasteiger partial charge in [-0.25, -0.2) is 9.67 Å². The van der Waals surface area contributed by atoms with Gasteiger partial charge in [0.2, 0.25) is 0 Å². The first-order chi connectivity index (χ1) is 12.9. The van der Waals surface area contributed by atoms with E-state index in [-0.39, 0.29) is 0 Å². The third kappa shape index (κ3) is 6.31. The molecule has 0 amide bonds. The lowest BCUT2D eigenvalue weighted by Crippen LogP contribution is -2.22. The number of hydrogen-bond acceptors (Lipinski definition) is 5. The predicted octanol–water partition coefficient (Wildman–Crippen LogP) is 4.93. The molecule has 0 N–H and O–H groups in total. The zero-order chi connectivity index (χ0) is 19.3. The zero-order valence-corrected chi connectivity index (χ0v) is 18.0. The number of halogens is 1. The van der Waals surface area contributed by atoms with E-state index in [1.165, 1.54) is 0 Å². The average Bonchev–Trinajstić information content (AvgIpc) is 3.01. The van der Waals surface area contributed by atoms with Crippen LogP contribution in [0.4, 0.5) is 0 Å². The summed E-state index contributed by atoms with van der Waals surface area (Å²) in [5, 5.41) is 5.17. The van der Waals surface area contributed by atoms with Gasteiger partial charge in [0.05, 0.1) is 6.20 Å². The normalized spacial score (nSPS) is 15.9. The zero-order valence-electron chi connectivity index (χ0n) is 16.3. The second-order valence-electron chi connectivity index (χ2n) is 8.07. The van der Waals surface area contributed by atoms with Crippen LogP contribution >= 0.6 is 11.6 Å². The summed E-state index contributed by atoms with van der Waals surface area (Å²) in [7, 11) is -1.10. The van der Waals surface area contributed by atoms with Crippen LogP contribution in [0.2, 0.25) is 30.8 Å². The number of pyridine rings is 1. The van der Waals surface area contributed by atoms with Gasteiger partial charge in [-0.05, 0) is 25.0 Å². The molecule has 0 atom stereocenters. The molecule has 148 valence electrons. The molecule has 2 aromatic rings. The average molecular weight is 410 g/mol. The standard InChI is InChI=1S/C19H28ClN3O3Si/c1-27(2,3)11-10-25-14-23-13-17(26-16-4-7-21-18(20)12-16)19(22-23)15-5-8-24-9-6-15/h4,7,12-13,15H,5-6,8-11,14H2,1-3H3. The van der Waals surface area contributed by atoms with Crippen molar-refractivity contribution in [2.45, 2.75) is 51.2 Å². The Labute approximate surface area is 166 Å². The molecule has 0 saturated carbocycles. The number of nitrogens with zero attached hydrogens (tertiary/aromatic N) is 3. The first-order valence-electron chi connectivity index (χ1n) is 9.43. The van der Waals surface area contributed by atoms with Crippen molar-refractivity contribution in [2.24, 2.45) is 0 Å². The molecule has 8 heteroatoms. The van der Waals surface area contributed by atoms with Crippen LogP contribution in [0.25, 0.3) is 0 Å². The van der Waals surface area contributed by atoms with Crippen molar-refractivity contribution < 1.29 is 14.2 Å². The van der Waals surface area contributed by atoms with Crippen LogP contribution in [0, 0.1) is 0 Å². The second kappa shape index (κ2) is 9.19. The van der Waals surface area contributed by atoms with Gasteiger partial charge >= 0.3 is 0 Å². The molecule has 2 aromatic heterocycles. The maximum atomic E-state index is 6.09. The molecule has 6 nitrogen and oxygen atoms in total. The topological polar surface area (TPSA) is 58.4 Å². The fourth-order valence-corrected chi connectivity index (χ4v) is 3.85. The molecule has 27 heavy (non-hydrogen) atoms. The summed E-state index contributed by atoms with van der Waals surface area (Å²) in [5.41, 5.74) is 0.958. The lowest BCUT2D eigenvalue weighted by atomic mass is 9.96. The molecule has 0 unspecified atom stereocenters. The fraction of sp³-hybridized carbons (Fsp3) is 0.579. The van der Waals surface area contributed by atoms with E-state index >= 15 is 0 Å². The Morgan fingerprint density at radius 2 is 2.07 bits per heavy atom. The van der Waals surface area contributed by atoms with Gasteiger partial charge < -0.3 is 14.2 Å². The van der Waals surface area contributed by atoms with Gasteiger partial charge in [-0.15, -0.1) is 0 Å². The summed E-state index contributed by atoms with van der Waals surface area (Å²) in [5.74, 6) is 1.73. The van der Waals surface area contributed by atoms with Gasteiger partial charge in [-0.1, -0.05) is 31.2 Å². The van der Waals surface area contributed by atoms with Crippen LogP contribution < -0.4 is 4.74 Å². The van der Waals surface area contributed by atoms with Crippen LogP contribution in [-0.2, 0) is 16.2 Å². The molecule has 3 heterocycles. The van der Waals surface area contributed by atoms with E-state index in [4.69, 9.17) is 30.9 Å². The lowest BCUT2D eigenvalue weighted by Gasteiger charge is -2.21. The number of aromatic nitrogens is 3. The Bertz CT molecular complexity index is 742. The number of rotatable bonds is 8. The predicted molar refractivity (Wildman–Crippen MR) is 108 cm³/mol. The highest BCUT2D eigenvalue weighted by molar-refractivity contribution is 6.76. The Morgan fingerprint density at radius 3 is 2.78 bits per heavy atom. The molecule has 0 radical (unpaired) electrons. The van der Waals surface area contributed by atoms with E-state index in [9.17, 15) is 0 Å². The Kier molecular flexibility index (Phi) is 6.92. The second-order valence-corrected chi connectivity index (χ2v) is 14.1. The smallest absolute Gasteiger partial charge is 0.168 e. The molecule has 0 aliphatic carbocycles. The molecule has 0 spiro atoms. The maximum absolute atomic E-state index is 6.09. The van der Waals surface area contributed by atoms with Gasteiger partial charge in [0.1, 0.15) is 23.3 Å². The van der Waals surface area contributed by atoms with Gasteiger partial charge in [0.15, 0.2) is 5.75 Å². The molecule has 0 bridgehead atoms. The highest BCUT2D eigenvalue weighted by Crippen LogP contribution is 2.35. The minimum Gasteiger partial charge on any atom is -0.454 e. The van der Waals surface area contributed by atoms with Gasteiger partial charge in [-0.3, -0.25) is 0 Å². The maximum Gasteiger partial charge on any atom is 0.168 e. The minimum atomic E-state index is -1.10. The molecule has 1 fully saturated rings. The van der Waals surface area contributed by atoms with Crippen molar-refractivity contribution in [2.75, 3.05) is 19.8 Å². The fourth-order valence-electron chi connectivity index (χ4n) is 2.93. The van der Waals surface area contributed by atoms with Crippen molar-refractivity contribution >= 4 is 19.7 Å². The number of hydrogen-bond donors (Lipinski definition) is 0. The van der Waals surface area contributed by atoms with Crippen molar-refractivity contribution in [3.05, 3.63) is 35.4 Å².